The van der Waals surface area contributed by atoms with E-state index in [2.05, 4.69) is 4.72 Å². The molecule has 0 radical (unpaired) electrons. The van der Waals surface area contributed by atoms with Crippen LogP contribution in [-0.2, 0) is 16.2 Å². The van der Waals surface area contributed by atoms with E-state index in [0.29, 0.717) is 12.5 Å². The van der Waals surface area contributed by atoms with Crippen molar-refractivity contribution in [1.82, 2.24) is 4.72 Å². The molecule has 0 aliphatic rings. The summed E-state index contributed by atoms with van der Waals surface area (Å²) in [5.41, 5.74) is -1.22. The van der Waals surface area contributed by atoms with Crippen molar-refractivity contribution in [3.05, 3.63) is 28.8 Å². The Balaban J connectivity index is 3.20. The summed E-state index contributed by atoms with van der Waals surface area (Å²) in [6.07, 6.45) is -4.45. The van der Waals surface area contributed by atoms with Crippen LogP contribution in [0.4, 0.5) is 13.2 Å². The number of halogens is 4. The summed E-state index contributed by atoms with van der Waals surface area (Å²) in [6.45, 7) is 1.18. The Labute approximate surface area is 119 Å². The highest BCUT2D eigenvalue weighted by Crippen LogP contribution is 2.35. The van der Waals surface area contributed by atoms with Gasteiger partial charge in [-0.25, -0.2) is 13.1 Å². The maximum Gasteiger partial charge on any atom is 0.417 e. The van der Waals surface area contributed by atoms with Crippen LogP contribution in [0, 0.1) is 0 Å². The van der Waals surface area contributed by atoms with Gasteiger partial charge < -0.3 is 5.11 Å². The lowest BCUT2D eigenvalue weighted by Gasteiger charge is -2.16. The molecule has 1 rings (SSSR count). The molecule has 1 aromatic carbocycles. The van der Waals surface area contributed by atoms with Gasteiger partial charge in [0.15, 0.2) is 0 Å². The minimum Gasteiger partial charge on any atom is -0.395 e. The highest BCUT2D eigenvalue weighted by atomic mass is 35.5. The van der Waals surface area contributed by atoms with Crippen LogP contribution in [0.1, 0.15) is 18.9 Å². The summed E-state index contributed by atoms with van der Waals surface area (Å²) in [7, 11) is -4.15. The zero-order valence-corrected chi connectivity index (χ0v) is 12.0. The van der Waals surface area contributed by atoms with Crippen molar-refractivity contribution >= 4 is 21.6 Å². The molecule has 1 aromatic rings. The maximum atomic E-state index is 12.7. The second-order valence-corrected chi connectivity index (χ2v) is 6.17. The first-order valence-corrected chi connectivity index (χ1v) is 7.48. The van der Waals surface area contributed by atoms with Gasteiger partial charge in [0, 0.05) is 6.04 Å². The smallest absolute Gasteiger partial charge is 0.395 e. The summed E-state index contributed by atoms with van der Waals surface area (Å²) < 4.78 is 64.0. The molecule has 0 unspecified atom stereocenters. The Kier molecular flexibility index (Phi) is 5.42. The van der Waals surface area contributed by atoms with Crippen molar-refractivity contribution in [2.24, 2.45) is 0 Å². The van der Waals surface area contributed by atoms with Crippen LogP contribution in [0.5, 0.6) is 0 Å². The normalized spacial score (nSPS) is 14.3. The maximum absolute atomic E-state index is 12.7. The molecule has 0 bridgehead atoms. The number of aliphatic hydroxyl groups is 1. The Bertz CT molecular complexity index is 571. The van der Waals surface area contributed by atoms with E-state index in [1.54, 1.807) is 6.92 Å². The molecule has 0 spiro atoms. The molecule has 0 heterocycles. The number of aliphatic hydroxyl groups excluding tert-OH is 1. The van der Waals surface area contributed by atoms with Crippen LogP contribution >= 0.6 is 11.6 Å². The van der Waals surface area contributed by atoms with Crippen LogP contribution in [0.2, 0.25) is 5.02 Å². The highest BCUT2D eigenvalue weighted by Gasteiger charge is 2.34. The predicted octanol–water partition coefficient (Wildman–Crippen LogP) is 2.41. The second kappa shape index (κ2) is 6.30. The summed E-state index contributed by atoms with van der Waals surface area (Å²) in [5.74, 6) is 0. The fraction of sp³-hybridized carbons (Fsp3) is 0.455. The van der Waals surface area contributed by atoms with Gasteiger partial charge in [-0.05, 0) is 24.6 Å². The van der Waals surface area contributed by atoms with Gasteiger partial charge >= 0.3 is 6.18 Å². The molecular formula is C11H13ClF3NO3S. The largest absolute Gasteiger partial charge is 0.417 e. The third-order valence-corrected chi connectivity index (χ3v) is 4.44. The van der Waals surface area contributed by atoms with E-state index in [9.17, 15) is 21.6 Å². The number of alkyl halides is 3. The van der Waals surface area contributed by atoms with Crippen LogP contribution in [-0.4, -0.2) is 26.2 Å². The quantitative estimate of drug-likeness (QED) is 0.870. The third kappa shape index (κ3) is 4.08. The average Bonchev–Trinajstić information content (AvgIpc) is 2.34. The topological polar surface area (TPSA) is 66.4 Å². The zero-order chi connectivity index (χ0) is 15.6. The van der Waals surface area contributed by atoms with Crippen LogP contribution in [0.15, 0.2) is 23.1 Å². The Hall–Kier alpha value is -0.830. The SMILES string of the molecule is CC[C@H](CO)NS(=O)(=O)c1ccc(Cl)c(C(F)(F)F)c1. The molecule has 0 fully saturated rings. The van der Waals surface area contributed by atoms with Gasteiger partial charge in [0.25, 0.3) is 0 Å². The van der Waals surface area contributed by atoms with Gasteiger partial charge in [-0.3, -0.25) is 0 Å². The van der Waals surface area contributed by atoms with Crippen LogP contribution in [0.3, 0.4) is 0 Å². The molecule has 4 nitrogen and oxygen atoms in total. The molecule has 0 aliphatic carbocycles. The van der Waals surface area contributed by atoms with Crippen LogP contribution in [0.25, 0.3) is 0 Å². The van der Waals surface area contributed by atoms with E-state index in [0.717, 1.165) is 12.1 Å². The first kappa shape index (κ1) is 17.2. The van der Waals surface area contributed by atoms with Crippen molar-refractivity contribution in [2.75, 3.05) is 6.61 Å². The Morgan fingerprint density at radius 2 is 2.00 bits per heavy atom. The molecule has 0 amide bonds. The second-order valence-electron chi connectivity index (χ2n) is 4.05. The average molecular weight is 332 g/mol. The van der Waals surface area contributed by atoms with E-state index in [-0.39, 0.29) is 0 Å². The first-order chi connectivity index (χ1) is 9.11. The van der Waals surface area contributed by atoms with Gasteiger partial charge in [-0.15, -0.1) is 0 Å². The van der Waals surface area contributed by atoms with E-state index >= 15 is 0 Å². The fourth-order valence-corrected chi connectivity index (χ4v) is 2.99. The lowest BCUT2D eigenvalue weighted by molar-refractivity contribution is -0.137. The fourth-order valence-electron chi connectivity index (χ4n) is 1.43. The number of rotatable bonds is 5. The minimum atomic E-state index is -4.75. The van der Waals surface area contributed by atoms with E-state index in [1.165, 1.54) is 0 Å². The number of benzene rings is 1. The third-order valence-electron chi connectivity index (χ3n) is 2.59. The molecular weight excluding hydrogens is 319 g/mol. The molecule has 20 heavy (non-hydrogen) atoms. The van der Waals surface area contributed by atoms with E-state index in [4.69, 9.17) is 16.7 Å². The Morgan fingerprint density at radius 3 is 2.45 bits per heavy atom. The predicted molar refractivity (Wildman–Crippen MR) is 67.9 cm³/mol. The lowest BCUT2D eigenvalue weighted by Crippen LogP contribution is -2.37. The van der Waals surface area contributed by atoms with Gasteiger partial charge in [0.05, 0.1) is 22.1 Å². The van der Waals surface area contributed by atoms with Crippen LogP contribution < -0.4 is 4.72 Å². The Morgan fingerprint density at radius 1 is 1.40 bits per heavy atom. The highest BCUT2D eigenvalue weighted by molar-refractivity contribution is 7.89. The van der Waals surface area contributed by atoms with Crippen molar-refractivity contribution in [3.63, 3.8) is 0 Å². The molecule has 0 aromatic heterocycles. The van der Waals surface area contributed by atoms with Gasteiger partial charge in [-0.1, -0.05) is 18.5 Å². The van der Waals surface area contributed by atoms with Crippen molar-refractivity contribution in [3.8, 4) is 0 Å². The molecule has 0 aliphatic heterocycles. The molecule has 1 atom stereocenters. The lowest BCUT2D eigenvalue weighted by atomic mass is 10.2. The van der Waals surface area contributed by atoms with Crippen molar-refractivity contribution < 1.29 is 26.7 Å². The summed E-state index contributed by atoms with van der Waals surface area (Å²) >= 11 is 5.42. The first-order valence-electron chi connectivity index (χ1n) is 5.61. The summed E-state index contributed by atoms with van der Waals surface area (Å²) in [6, 6.07) is 1.56. The number of hydrogen-bond donors (Lipinski definition) is 2. The summed E-state index contributed by atoms with van der Waals surface area (Å²) in [4.78, 5) is -0.555. The number of hydrogen-bond acceptors (Lipinski definition) is 3. The van der Waals surface area contributed by atoms with Gasteiger partial charge in [-0.2, -0.15) is 13.2 Å². The van der Waals surface area contributed by atoms with Gasteiger partial charge in [0.2, 0.25) is 10.0 Å². The summed E-state index contributed by atoms with van der Waals surface area (Å²) in [5, 5.41) is 8.36. The molecule has 0 saturated carbocycles. The zero-order valence-electron chi connectivity index (χ0n) is 10.4. The monoisotopic (exact) mass is 331 g/mol. The number of nitrogens with one attached hydrogen (secondary N) is 1. The standard InChI is InChI=1S/C11H13ClF3NO3S/c1-2-7(6-17)16-20(18,19)8-3-4-10(12)9(5-8)11(13,14)15/h3-5,7,16-17H,2,6H2,1H3/t7-/m1/s1. The number of sulfonamides is 1. The minimum absolute atomic E-state index is 0.301. The van der Waals surface area contributed by atoms with Gasteiger partial charge in [0.1, 0.15) is 0 Å². The van der Waals surface area contributed by atoms with E-state index < -0.39 is 44.3 Å². The molecule has 2 N–H and O–H groups in total. The van der Waals surface area contributed by atoms with Crippen molar-refractivity contribution in [2.45, 2.75) is 30.5 Å². The van der Waals surface area contributed by atoms with E-state index in [1.807, 2.05) is 0 Å². The molecule has 114 valence electrons. The van der Waals surface area contributed by atoms with Crippen molar-refractivity contribution in [1.29, 1.82) is 0 Å². The molecule has 0 saturated heterocycles. The molecule has 9 heteroatoms.